The predicted molar refractivity (Wildman–Crippen MR) is 78.6 cm³/mol. The molecule has 0 aliphatic carbocycles. The number of amides is 1. The lowest BCUT2D eigenvalue weighted by molar-refractivity contribution is -0.119. The van der Waals surface area contributed by atoms with E-state index in [0.717, 1.165) is 5.69 Å². The van der Waals surface area contributed by atoms with E-state index < -0.39 is 0 Å². The van der Waals surface area contributed by atoms with Crippen LogP contribution in [0.1, 0.15) is 26.5 Å². The van der Waals surface area contributed by atoms with Gasteiger partial charge >= 0.3 is 0 Å². The summed E-state index contributed by atoms with van der Waals surface area (Å²) in [5.41, 5.74) is 7.04. The maximum absolute atomic E-state index is 11.8. The summed E-state index contributed by atoms with van der Waals surface area (Å²) in [6.07, 6.45) is 0. The minimum atomic E-state index is -0.248. The third kappa shape index (κ3) is 3.38. The van der Waals surface area contributed by atoms with E-state index in [0.29, 0.717) is 16.8 Å². The standard InChI is InChI=1S/C12H18N6OS/c1-7-5-8-16-17-11(18(8)10(13)14-7)20-6-9(19)15-12(2,3)4/h5H,6H2,1-4H3,(H2,13,14)(H,15,19). The van der Waals surface area contributed by atoms with Gasteiger partial charge in [0.1, 0.15) is 0 Å². The summed E-state index contributed by atoms with van der Waals surface area (Å²) in [5, 5.41) is 11.5. The number of hydrogen-bond donors (Lipinski definition) is 2. The molecule has 0 aromatic carbocycles. The molecular formula is C12H18N6OS. The van der Waals surface area contributed by atoms with Crippen molar-refractivity contribution in [2.45, 2.75) is 38.4 Å². The van der Waals surface area contributed by atoms with Gasteiger partial charge in [-0.1, -0.05) is 11.8 Å². The van der Waals surface area contributed by atoms with Crippen LogP contribution in [0.25, 0.3) is 5.65 Å². The van der Waals surface area contributed by atoms with Crippen LogP contribution >= 0.6 is 11.8 Å². The van der Waals surface area contributed by atoms with Crippen LogP contribution in [0.5, 0.6) is 0 Å². The molecule has 0 aliphatic rings. The van der Waals surface area contributed by atoms with Gasteiger partial charge in [0.05, 0.1) is 5.75 Å². The Bertz CT molecular complexity index is 645. The molecule has 0 bridgehead atoms. The van der Waals surface area contributed by atoms with Crippen LogP contribution in [0, 0.1) is 6.92 Å². The van der Waals surface area contributed by atoms with Crippen molar-refractivity contribution in [1.82, 2.24) is 24.9 Å². The number of aryl methyl sites for hydroxylation is 1. The van der Waals surface area contributed by atoms with Gasteiger partial charge in [-0.15, -0.1) is 10.2 Å². The average molecular weight is 294 g/mol. The number of carbonyl (C=O) groups excluding carboxylic acids is 1. The molecule has 7 nitrogen and oxygen atoms in total. The molecule has 0 radical (unpaired) electrons. The second-order valence-corrected chi connectivity index (χ2v) is 6.46. The highest BCUT2D eigenvalue weighted by Gasteiger charge is 2.16. The largest absolute Gasteiger partial charge is 0.369 e. The summed E-state index contributed by atoms with van der Waals surface area (Å²) in [7, 11) is 0. The van der Waals surface area contributed by atoms with Crippen LogP contribution in [-0.2, 0) is 4.79 Å². The molecule has 2 aromatic rings. The number of carbonyl (C=O) groups is 1. The van der Waals surface area contributed by atoms with Gasteiger partial charge in [-0.3, -0.25) is 4.79 Å². The van der Waals surface area contributed by atoms with E-state index in [1.165, 1.54) is 11.8 Å². The number of hydrogen-bond acceptors (Lipinski definition) is 6. The van der Waals surface area contributed by atoms with E-state index >= 15 is 0 Å². The second-order valence-electron chi connectivity index (χ2n) is 5.52. The zero-order valence-corrected chi connectivity index (χ0v) is 12.8. The number of nitrogen functional groups attached to an aromatic ring is 1. The van der Waals surface area contributed by atoms with Crippen LogP contribution in [0.3, 0.4) is 0 Å². The van der Waals surface area contributed by atoms with Crippen molar-refractivity contribution in [2.24, 2.45) is 0 Å². The van der Waals surface area contributed by atoms with E-state index in [4.69, 9.17) is 5.73 Å². The smallest absolute Gasteiger partial charge is 0.230 e. The fraction of sp³-hybridized carbons (Fsp3) is 0.500. The maximum atomic E-state index is 11.8. The van der Waals surface area contributed by atoms with Gasteiger partial charge in [0.2, 0.25) is 11.9 Å². The lowest BCUT2D eigenvalue weighted by Crippen LogP contribution is -2.41. The Morgan fingerprint density at radius 2 is 2.15 bits per heavy atom. The van der Waals surface area contributed by atoms with Crippen molar-refractivity contribution in [3.05, 3.63) is 11.8 Å². The van der Waals surface area contributed by atoms with Crippen LogP contribution in [0.15, 0.2) is 11.2 Å². The highest BCUT2D eigenvalue weighted by molar-refractivity contribution is 7.99. The number of nitrogens with one attached hydrogen (secondary N) is 1. The molecule has 2 rings (SSSR count). The van der Waals surface area contributed by atoms with E-state index in [1.807, 2.05) is 27.7 Å². The molecule has 3 N–H and O–H groups in total. The number of anilines is 1. The van der Waals surface area contributed by atoms with E-state index in [1.54, 1.807) is 10.5 Å². The second kappa shape index (κ2) is 5.28. The summed E-state index contributed by atoms with van der Waals surface area (Å²) in [4.78, 5) is 16.0. The molecule has 20 heavy (non-hydrogen) atoms. The molecule has 0 saturated heterocycles. The van der Waals surface area contributed by atoms with E-state index in [-0.39, 0.29) is 17.2 Å². The third-order valence-electron chi connectivity index (χ3n) is 2.36. The topological polar surface area (TPSA) is 98.2 Å². The lowest BCUT2D eigenvalue weighted by Gasteiger charge is -2.20. The molecule has 1 amide bonds. The lowest BCUT2D eigenvalue weighted by atomic mass is 10.1. The molecule has 2 heterocycles. The molecule has 0 spiro atoms. The zero-order valence-electron chi connectivity index (χ0n) is 12.0. The Hall–Kier alpha value is -1.83. The number of rotatable bonds is 3. The first-order valence-corrected chi connectivity index (χ1v) is 7.17. The number of fused-ring (bicyclic) bond motifs is 1. The first-order valence-electron chi connectivity index (χ1n) is 6.18. The number of thioether (sulfide) groups is 1. The van der Waals surface area contributed by atoms with Crippen molar-refractivity contribution < 1.29 is 4.79 Å². The molecule has 0 saturated carbocycles. The van der Waals surface area contributed by atoms with Gasteiger partial charge < -0.3 is 11.1 Å². The highest BCUT2D eigenvalue weighted by atomic mass is 32.2. The van der Waals surface area contributed by atoms with Gasteiger partial charge in [-0.25, -0.2) is 9.38 Å². The molecule has 108 valence electrons. The minimum absolute atomic E-state index is 0.0575. The molecule has 0 atom stereocenters. The highest BCUT2D eigenvalue weighted by Crippen LogP contribution is 2.19. The maximum Gasteiger partial charge on any atom is 0.230 e. The summed E-state index contributed by atoms with van der Waals surface area (Å²) >= 11 is 1.28. The average Bonchev–Trinajstić information content (AvgIpc) is 2.67. The first-order chi connectivity index (χ1) is 9.26. The molecule has 0 unspecified atom stereocenters. The van der Waals surface area contributed by atoms with Crippen molar-refractivity contribution >= 4 is 29.3 Å². The van der Waals surface area contributed by atoms with Gasteiger partial charge in [0, 0.05) is 17.3 Å². The minimum Gasteiger partial charge on any atom is -0.369 e. The third-order valence-corrected chi connectivity index (χ3v) is 3.29. The summed E-state index contributed by atoms with van der Waals surface area (Å²) in [5.74, 6) is 0.521. The van der Waals surface area contributed by atoms with Crippen molar-refractivity contribution in [2.75, 3.05) is 11.5 Å². The van der Waals surface area contributed by atoms with Gasteiger partial charge in [-0.05, 0) is 27.7 Å². The zero-order chi connectivity index (χ0) is 14.9. The molecule has 2 aromatic heterocycles. The van der Waals surface area contributed by atoms with E-state index in [9.17, 15) is 4.79 Å². The quantitative estimate of drug-likeness (QED) is 0.820. The van der Waals surface area contributed by atoms with Crippen molar-refractivity contribution in [3.63, 3.8) is 0 Å². The van der Waals surface area contributed by atoms with Crippen LogP contribution in [-0.4, -0.2) is 36.8 Å². The number of nitrogens with two attached hydrogens (primary N) is 1. The SMILES string of the molecule is Cc1cc2nnc(SCC(=O)NC(C)(C)C)n2c(N)n1. The van der Waals surface area contributed by atoms with Crippen molar-refractivity contribution in [1.29, 1.82) is 0 Å². The predicted octanol–water partition coefficient (Wildman–Crippen LogP) is 1.02. The summed E-state index contributed by atoms with van der Waals surface area (Å²) in [6, 6.07) is 1.79. The first kappa shape index (κ1) is 14.6. The molecule has 0 fully saturated rings. The van der Waals surface area contributed by atoms with Crippen molar-refractivity contribution in [3.8, 4) is 0 Å². The van der Waals surface area contributed by atoms with Gasteiger partial charge in [0.15, 0.2) is 10.8 Å². The van der Waals surface area contributed by atoms with Crippen LogP contribution < -0.4 is 11.1 Å². The number of nitrogens with zero attached hydrogens (tertiary/aromatic N) is 4. The Kier molecular flexibility index (Phi) is 3.85. The van der Waals surface area contributed by atoms with E-state index in [2.05, 4.69) is 20.5 Å². The normalized spacial score (nSPS) is 11.8. The van der Waals surface area contributed by atoms with Crippen LogP contribution in [0.4, 0.5) is 5.95 Å². The number of aromatic nitrogens is 4. The fourth-order valence-corrected chi connectivity index (χ4v) is 2.46. The van der Waals surface area contributed by atoms with Gasteiger partial charge in [-0.2, -0.15) is 0 Å². The Morgan fingerprint density at radius 1 is 1.45 bits per heavy atom. The summed E-state index contributed by atoms with van der Waals surface area (Å²) < 4.78 is 1.64. The molecular weight excluding hydrogens is 276 g/mol. The monoisotopic (exact) mass is 294 g/mol. The molecule has 0 aliphatic heterocycles. The van der Waals surface area contributed by atoms with Crippen LogP contribution in [0.2, 0.25) is 0 Å². The molecule has 8 heteroatoms. The Labute approximate surface area is 121 Å². The Balaban J connectivity index is 2.13. The summed E-state index contributed by atoms with van der Waals surface area (Å²) in [6.45, 7) is 7.65. The Morgan fingerprint density at radius 3 is 2.80 bits per heavy atom. The fourth-order valence-electron chi connectivity index (χ4n) is 1.72. The van der Waals surface area contributed by atoms with Gasteiger partial charge in [0.25, 0.3) is 0 Å².